The molecule has 0 fully saturated rings. The van der Waals surface area contributed by atoms with Crippen LogP contribution in [0.1, 0.15) is 39.2 Å². The summed E-state index contributed by atoms with van der Waals surface area (Å²) in [5.74, 6) is -2.11. The first-order chi connectivity index (χ1) is 15.9. The standard InChI is InChI=1S/C23H36N4O6S/c1-13(2)11-17(24)21(30)27-19(12-15-5-7-16(28)8-6-15)22(31)25-14(3)20(29)26-18(23(32)33)9-10-34-4/h5-8,13-14,17-19,28H,9-12,24H2,1-4H3,(H,25,31)(H,26,29)(H,27,30)(H,32,33). The lowest BCUT2D eigenvalue weighted by Crippen LogP contribution is -2.57. The van der Waals surface area contributed by atoms with Gasteiger partial charge in [-0.05, 0) is 55.4 Å². The van der Waals surface area contributed by atoms with Crippen LogP contribution in [0.3, 0.4) is 0 Å². The van der Waals surface area contributed by atoms with Gasteiger partial charge in [-0.1, -0.05) is 26.0 Å². The van der Waals surface area contributed by atoms with E-state index in [1.807, 2.05) is 20.1 Å². The number of hydrogen-bond donors (Lipinski definition) is 6. The lowest BCUT2D eigenvalue weighted by atomic mass is 10.0. The number of carbonyl (C=O) groups is 4. The third kappa shape index (κ3) is 10.4. The topological polar surface area (TPSA) is 171 Å². The largest absolute Gasteiger partial charge is 0.508 e. The van der Waals surface area contributed by atoms with Crippen LogP contribution in [0.25, 0.3) is 0 Å². The minimum absolute atomic E-state index is 0.0625. The molecule has 190 valence electrons. The summed E-state index contributed by atoms with van der Waals surface area (Å²) in [6.07, 6.45) is 2.62. The molecule has 0 aliphatic carbocycles. The first-order valence-corrected chi connectivity index (χ1v) is 12.5. The Morgan fingerprint density at radius 3 is 2.06 bits per heavy atom. The number of aliphatic carboxylic acids is 1. The van der Waals surface area contributed by atoms with Crippen molar-refractivity contribution in [3.8, 4) is 5.75 Å². The van der Waals surface area contributed by atoms with Gasteiger partial charge < -0.3 is 31.9 Å². The Balaban J connectivity index is 2.91. The van der Waals surface area contributed by atoms with E-state index < -0.39 is 47.9 Å². The number of amides is 3. The van der Waals surface area contributed by atoms with E-state index in [0.29, 0.717) is 17.7 Å². The molecule has 1 aromatic rings. The third-order valence-electron chi connectivity index (χ3n) is 5.05. The predicted molar refractivity (Wildman–Crippen MR) is 131 cm³/mol. The van der Waals surface area contributed by atoms with Crippen LogP contribution < -0.4 is 21.7 Å². The van der Waals surface area contributed by atoms with Gasteiger partial charge in [-0.3, -0.25) is 14.4 Å². The van der Waals surface area contributed by atoms with E-state index in [2.05, 4.69) is 16.0 Å². The van der Waals surface area contributed by atoms with Gasteiger partial charge in [0.1, 0.15) is 23.9 Å². The molecule has 3 amide bonds. The van der Waals surface area contributed by atoms with Crippen LogP contribution >= 0.6 is 11.8 Å². The fourth-order valence-electron chi connectivity index (χ4n) is 3.14. The summed E-state index contributed by atoms with van der Waals surface area (Å²) in [5.41, 5.74) is 6.63. The quantitative estimate of drug-likeness (QED) is 0.218. The first-order valence-electron chi connectivity index (χ1n) is 11.1. The molecule has 4 atom stereocenters. The second-order valence-corrected chi connectivity index (χ2v) is 9.56. The number of aromatic hydroxyl groups is 1. The van der Waals surface area contributed by atoms with Crippen molar-refractivity contribution in [1.29, 1.82) is 0 Å². The van der Waals surface area contributed by atoms with Crippen molar-refractivity contribution in [2.45, 2.75) is 64.2 Å². The highest BCUT2D eigenvalue weighted by Gasteiger charge is 2.28. The average Bonchev–Trinajstić information content (AvgIpc) is 2.76. The molecule has 10 nitrogen and oxygen atoms in total. The van der Waals surface area contributed by atoms with E-state index >= 15 is 0 Å². The van der Waals surface area contributed by atoms with Crippen LogP contribution in [-0.2, 0) is 25.6 Å². The molecule has 4 unspecified atom stereocenters. The van der Waals surface area contributed by atoms with Gasteiger partial charge in [0, 0.05) is 6.42 Å². The van der Waals surface area contributed by atoms with Crippen molar-refractivity contribution in [3.05, 3.63) is 29.8 Å². The van der Waals surface area contributed by atoms with E-state index in [0.717, 1.165) is 0 Å². The Morgan fingerprint density at radius 2 is 1.53 bits per heavy atom. The monoisotopic (exact) mass is 496 g/mol. The molecule has 0 heterocycles. The van der Waals surface area contributed by atoms with Gasteiger partial charge >= 0.3 is 5.97 Å². The van der Waals surface area contributed by atoms with Crippen molar-refractivity contribution in [2.75, 3.05) is 12.0 Å². The SMILES string of the molecule is CSCCC(NC(=O)C(C)NC(=O)C(Cc1ccc(O)cc1)NC(=O)C(N)CC(C)C)C(=O)O. The van der Waals surface area contributed by atoms with E-state index in [4.69, 9.17) is 5.73 Å². The van der Waals surface area contributed by atoms with Crippen LogP contribution in [0.4, 0.5) is 0 Å². The van der Waals surface area contributed by atoms with Gasteiger partial charge in [-0.15, -0.1) is 0 Å². The number of nitrogens with two attached hydrogens (primary N) is 1. The summed E-state index contributed by atoms with van der Waals surface area (Å²) in [6.45, 7) is 5.29. The molecule has 0 aromatic heterocycles. The Morgan fingerprint density at radius 1 is 0.941 bits per heavy atom. The second kappa shape index (κ2) is 14.5. The molecule has 1 rings (SSSR count). The van der Waals surface area contributed by atoms with Crippen LogP contribution in [0.2, 0.25) is 0 Å². The van der Waals surface area contributed by atoms with Gasteiger partial charge in [0.15, 0.2) is 0 Å². The molecular weight excluding hydrogens is 460 g/mol. The van der Waals surface area contributed by atoms with Crippen molar-refractivity contribution in [2.24, 2.45) is 11.7 Å². The van der Waals surface area contributed by atoms with E-state index in [1.54, 1.807) is 12.1 Å². The maximum atomic E-state index is 13.0. The van der Waals surface area contributed by atoms with Crippen LogP contribution in [-0.4, -0.2) is 70.1 Å². The Hall–Kier alpha value is -2.79. The number of nitrogens with one attached hydrogen (secondary N) is 3. The molecule has 0 saturated carbocycles. The number of phenolic OH excluding ortho intramolecular Hbond substituents is 1. The minimum atomic E-state index is -1.16. The molecule has 0 spiro atoms. The number of thioether (sulfide) groups is 1. The summed E-state index contributed by atoms with van der Waals surface area (Å²) in [7, 11) is 0. The highest BCUT2D eigenvalue weighted by molar-refractivity contribution is 7.98. The zero-order chi connectivity index (χ0) is 25.8. The molecule has 7 N–H and O–H groups in total. The smallest absolute Gasteiger partial charge is 0.326 e. The highest BCUT2D eigenvalue weighted by atomic mass is 32.2. The number of carboxylic acids is 1. The van der Waals surface area contributed by atoms with E-state index in [9.17, 15) is 29.4 Å². The minimum Gasteiger partial charge on any atom is -0.508 e. The first kappa shape index (κ1) is 29.2. The van der Waals surface area contributed by atoms with Gasteiger partial charge in [-0.25, -0.2) is 4.79 Å². The van der Waals surface area contributed by atoms with E-state index in [-0.39, 0.29) is 24.5 Å². The summed E-state index contributed by atoms with van der Waals surface area (Å²) in [6, 6.07) is 2.24. The van der Waals surface area contributed by atoms with Crippen molar-refractivity contribution < 1.29 is 29.4 Å². The van der Waals surface area contributed by atoms with Gasteiger partial charge in [-0.2, -0.15) is 11.8 Å². The van der Waals surface area contributed by atoms with Crippen LogP contribution in [0.15, 0.2) is 24.3 Å². The molecule has 0 radical (unpaired) electrons. The van der Waals surface area contributed by atoms with Crippen LogP contribution in [0, 0.1) is 5.92 Å². The average molecular weight is 497 g/mol. The van der Waals surface area contributed by atoms with Gasteiger partial charge in [0.25, 0.3) is 0 Å². The maximum Gasteiger partial charge on any atom is 0.326 e. The fourth-order valence-corrected chi connectivity index (χ4v) is 3.61. The van der Waals surface area contributed by atoms with Crippen molar-refractivity contribution in [3.63, 3.8) is 0 Å². The molecule has 1 aromatic carbocycles. The Kier molecular flexibility index (Phi) is 12.4. The highest BCUT2D eigenvalue weighted by Crippen LogP contribution is 2.12. The molecule has 0 aliphatic rings. The zero-order valence-corrected chi connectivity index (χ0v) is 20.9. The Labute approximate surface area is 204 Å². The van der Waals surface area contributed by atoms with Gasteiger partial charge in [0.05, 0.1) is 6.04 Å². The number of carboxylic acid groups (broad SMARTS) is 1. The molecule has 0 bridgehead atoms. The molecular formula is C23H36N4O6S. The molecule has 34 heavy (non-hydrogen) atoms. The molecule has 0 aliphatic heterocycles. The predicted octanol–water partition coefficient (Wildman–Crippen LogP) is 0.620. The second-order valence-electron chi connectivity index (χ2n) is 8.58. The summed E-state index contributed by atoms with van der Waals surface area (Å²) in [5, 5.41) is 26.4. The number of hydrogen-bond acceptors (Lipinski definition) is 7. The number of benzene rings is 1. The molecule has 11 heteroatoms. The fraction of sp³-hybridized carbons (Fsp3) is 0.565. The van der Waals surface area contributed by atoms with Crippen LogP contribution in [0.5, 0.6) is 5.75 Å². The normalized spacial score (nSPS) is 14.5. The van der Waals surface area contributed by atoms with Crippen molar-refractivity contribution >= 4 is 35.5 Å². The number of carbonyl (C=O) groups excluding carboxylic acids is 3. The van der Waals surface area contributed by atoms with Crippen molar-refractivity contribution in [1.82, 2.24) is 16.0 Å². The third-order valence-corrected chi connectivity index (χ3v) is 5.69. The molecule has 0 saturated heterocycles. The number of rotatable bonds is 14. The lowest BCUT2D eigenvalue weighted by molar-refractivity contribution is -0.142. The number of phenols is 1. The summed E-state index contributed by atoms with van der Waals surface area (Å²) >= 11 is 1.46. The zero-order valence-electron chi connectivity index (χ0n) is 20.0. The Bertz CT molecular complexity index is 833. The lowest BCUT2D eigenvalue weighted by Gasteiger charge is -2.24. The summed E-state index contributed by atoms with van der Waals surface area (Å²) < 4.78 is 0. The van der Waals surface area contributed by atoms with E-state index in [1.165, 1.54) is 30.8 Å². The maximum absolute atomic E-state index is 13.0. The summed E-state index contributed by atoms with van der Waals surface area (Å²) in [4.78, 5) is 49.5. The van der Waals surface area contributed by atoms with Gasteiger partial charge in [0.2, 0.25) is 17.7 Å².